The van der Waals surface area contributed by atoms with Gasteiger partial charge in [0.15, 0.2) is 18.5 Å². The van der Waals surface area contributed by atoms with Crippen molar-refractivity contribution in [2.24, 2.45) is 0 Å². The zero-order valence-corrected chi connectivity index (χ0v) is 8.43. The van der Waals surface area contributed by atoms with Crippen LogP contribution in [-0.4, -0.2) is 42.8 Å². The van der Waals surface area contributed by atoms with E-state index in [0.29, 0.717) is 0 Å². The summed E-state index contributed by atoms with van der Waals surface area (Å²) in [5.74, 6) is 0. The number of halogens is 6. The maximum atomic E-state index is 12.9. The van der Waals surface area contributed by atoms with Gasteiger partial charge in [-0.2, -0.15) is 0 Å². The second-order valence-electron chi connectivity index (χ2n) is 3.41. The Morgan fingerprint density at radius 3 is 1.81 bits per heavy atom. The summed E-state index contributed by atoms with van der Waals surface area (Å²) in [6, 6.07) is 0. The summed E-state index contributed by atoms with van der Waals surface area (Å²) in [7, 11) is 0. The molecule has 16 heavy (non-hydrogen) atoms. The third-order valence-electron chi connectivity index (χ3n) is 2.08. The first-order valence-corrected chi connectivity index (χ1v) is 4.86. The molecule has 1 nitrogen and oxygen atoms in total. The van der Waals surface area contributed by atoms with Crippen molar-refractivity contribution in [1.82, 2.24) is 0 Å². The number of aliphatic hydroxyl groups is 1. The van der Waals surface area contributed by atoms with E-state index in [2.05, 4.69) is 0 Å². The van der Waals surface area contributed by atoms with Crippen molar-refractivity contribution < 1.29 is 31.4 Å². The molecule has 0 rings (SSSR count). The number of unbranched alkanes of at least 4 members (excludes halogenated alkanes) is 1. The lowest BCUT2D eigenvalue weighted by Crippen LogP contribution is -2.39. The lowest BCUT2D eigenvalue weighted by atomic mass is 10.0. The van der Waals surface area contributed by atoms with Gasteiger partial charge in [-0.3, -0.25) is 4.39 Å². The zero-order chi connectivity index (χ0) is 12.7. The fourth-order valence-electron chi connectivity index (χ4n) is 1.12. The van der Waals surface area contributed by atoms with Gasteiger partial charge < -0.3 is 5.11 Å². The molecule has 0 spiro atoms. The van der Waals surface area contributed by atoms with Crippen LogP contribution in [0.25, 0.3) is 0 Å². The minimum absolute atomic E-state index is 0.00508. The van der Waals surface area contributed by atoms with Crippen molar-refractivity contribution in [3.8, 4) is 0 Å². The highest BCUT2D eigenvalue weighted by atomic mass is 19.2. The highest BCUT2D eigenvalue weighted by molar-refractivity contribution is 4.83. The van der Waals surface area contributed by atoms with Gasteiger partial charge in [-0.25, -0.2) is 22.0 Å². The molecule has 0 radical (unpaired) electrons. The summed E-state index contributed by atoms with van der Waals surface area (Å²) in [4.78, 5) is 0. The summed E-state index contributed by atoms with van der Waals surface area (Å²) >= 11 is 0. The molecular weight excluding hydrogens is 238 g/mol. The molecule has 0 saturated carbocycles. The van der Waals surface area contributed by atoms with Crippen LogP contribution in [0.5, 0.6) is 0 Å². The first-order valence-electron chi connectivity index (χ1n) is 4.86. The summed E-state index contributed by atoms with van der Waals surface area (Å²) < 4.78 is 74.4. The molecule has 0 aliphatic carbocycles. The molecule has 1 N–H and O–H groups in total. The van der Waals surface area contributed by atoms with Gasteiger partial charge >= 0.3 is 0 Å². The molecule has 0 aromatic heterocycles. The van der Waals surface area contributed by atoms with Crippen molar-refractivity contribution in [3.63, 3.8) is 0 Å². The molecule has 0 aliphatic rings. The van der Waals surface area contributed by atoms with E-state index in [4.69, 9.17) is 5.11 Å². The Labute approximate surface area is 89.4 Å². The molecule has 7 heteroatoms. The fraction of sp³-hybridized carbons (Fsp3) is 1.00. The van der Waals surface area contributed by atoms with Crippen LogP contribution in [0.15, 0.2) is 0 Å². The van der Waals surface area contributed by atoms with Crippen LogP contribution in [0.2, 0.25) is 0 Å². The van der Waals surface area contributed by atoms with Crippen LogP contribution >= 0.6 is 0 Å². The number of rotatable bonds is 8. The summed E-state index contributed by atoms with van der Waals surface area (Å²) in [6.45, 7) is -0.711. The van der Waals surface area contributed by atoms with Crippen LogP contribution in [0.1, 0.15) is 19.3 Å². The van der Waals surface area contributed by atoms with Crippen molar-refractivity contribution in [1.29, 1.82) is 0 Å². The molecule has 0 amide bonds. The van der Waals surface area contributed by atoms with E-state index in [0.717, 1.165) is 0 Å². The van der Waals surface area contributed by atoms with E-state index in [1.807, 2.05) is 0 Å². The number of hydrogen-bond acceptors (Lipinski definition) is 1. The molecule has 0 aromatic carbocycles. The summed E-state index contributed by atoms with van der Waals surface area (Å²) in [5.41, 5.74) is 0. The van der Waals surface area contributed by atoms with E-state index in [-0.39, 0.29) is 12.8 Å². The maximum absolute atomic E-state index is 12.9. The molecule has 98 valence electrons. The molecule has 5 atom stereocenters. The van der Waals surface area contributed by atoms with Gasteiger partial charge in [0, 0.05) is 0 Å². The third-order valence-corrected chi connectivity index (χ3v) is 2.08. The molecule has 0 fully saturated rings. The Balaban J connectivity index is 4.05. The Morgan fingerprint density at radius 2 is 1.38 bits per heavy atom. The van der Waals surface area contributed by atoms with Gasteiger partial charge in [0.1, 0.15) is 6.17 Å². The van der Waals surface area contributed by atoms with E-state index in [1.165, 1.54) is 0 Å². The minimum atomic E-state index is -3.19. The maximum Gasteiger partial charge on any atom is 0.231 e. The zero-order valence-electron chi connectivity index (χ0n) is 8.43. The van der Waals surface area contributed by atoms with Gasteiger partial charge in [-0.15, -0.1) is 0 Å². The van der Waals surface area contributed by atoms with Crippen LogP contribution in [0.3, 0.4) is 0 Å². The summed E-state index contributed by atoms with van der Waals surface area (Å²) in [5, 5.41) is 8.02. The standard InChI is InChI=1S/C9H14F6O/c10-4-2-1-3-5(11)6(12)7(13)8(14)9(15)16/h5-9,16H,1-4H2. The van der Waals surface area contributed by atoms with E-state index >= 15 is 0 Å². The lowest BCUT2D eigenvalue weighted by molar-refractivity contribution is -0.0818. The molecule has 5 unspecified atom stereocenters. The average Bonchev–Trinajstić information content (AvgIpc) is 2.26. The van der Waals surface area contributed by atoms with Crippen molar-refractivity contribution in [2.75, 3.05) is 6.67 Å². The van der Waals surface area contributed by atoms with Crippen molar-refractivity contribution >= 4 is 0 Å². The van der Waals surface area contributed by atoms with Gasteiger partial charge in [-0.1, -0.05) is 0 Å². The van der Waals surface area contributed by atoms with Gasteiger partial charge in [0.2, 0.25) is 6.36 Å². The van der Waals surface area contributed by atoms with Gasteiger partial charge in [0.25, 0.3) is 0 Å². The SMILES string of the molecule is OC(F)C(F)C(F)C(F)C(F)CCCCF. The molecule has 0 aromatic rings. The number of alkyl halides is 6. The summed E-state index contributed by atoms with van der Waals surface area (Å²) in [6.07, 6.45) is -15.1. The first-order chi connectivity index (χ1) is 7.41. The predicted octanol–water partition coefficient (Wildman–Crippen LogP) is 2.77. The highest BCUT2D eigenvalue weighted by Crippen LogP contribution is 2.23. The Bertz CT molecular complexity index is 179. The Hall–Kier alpha value is -0.460. The van der Waals surface area contributed by atoms with Crippen LogP contribution in [0, 0.1) is 0 Å². The van der Waals surface area contributed by atoms with Crippen LogP contribution in [0.4, 0.5) is 26.3 Å². The largest absolute Gasteiger partial charge is 0.362 e. The Kier molecular flexibility index (Phi) is 7.53. The smallest absolute Gasteiger partial charge is 0.231 e. The fourth-order valence-corrected chi connectivity index (χ4v) is 1.12. The average molecular weight is 252 g/mol. The normalized spacial score (nSPS) is 21.2. The van der Waals surface area contributed by atoms with E-state index < -0.39 is 44.1 Å². The Morgan fingerprint density at radius 1 is 0.812 bits per heavy atom. The van der Waals surface area contributed by atoms with Crippen LogP contribution in [-0.2, 0) is 0 Å². The number of hydrogen-bond donors (Lipinski definition) is 1. The van der Waals surface area contributed by atoms with E-state index in [1.54, 1.807) is 0 Å². The molecule has 0 saturated heterocycles. The number of aliphatic hydroxyl groups excluding tert-OH is 1. The van der Waals surface area contributed by atoms with Crippen molar-refractivity contribution in [3.05, 3.63) is 0 Å². The minimum Gasteiger partial charge on any atom is -0.362 e. The lowest BCUT2D eigenvalue weighted by Gasteiger charge is -2.20. The van der Waals surface area contributed by atoms with Gasteiger partial charge in [0.05, 0.1) is 6.67 Å². The van der Waals surface area contributed by atoms with Crippen LogP contribution < -0.4 is 0 Å². The predicted molar refractivity (Wildman–Crippen MR) is 46.5 cm³/mol. The molecule has 0 bridgehead atoms. The van der Waals surface area contributed by atoms with Gasteiger partial charge in [-0.05, 0) is 19.3 Å². The first kappa shape index (κ1) is 15.5. The molecule has 0 aliphatic heterocycles. The molecule has 0 heterocycles. The third kappa shape index (κ3) is 5.05. The quantitative estimate of drug-likeness (QED) is 0.520. The second kappa shape index (κ2) is 7.76. The second-order valence-corrected chi connectivity index (χ2v) is 3.41. The molecular formula is C9H14F6O. The van der Waals surface area contributed by atoms with Crippen molar-refractivity contribution in [2.45, 2.75) is 50.3 Å². The van der Waals surface area contributed by atoms with E-state index in [9.17, 15) is 26.3 Å². The highest BCUT2D eigenvalue weighted by Gasteiger charge is 2.39. The monoisotopic (exact) mass is 252 g/mol. The topological polar surface area (TPSA) is 20.2 Å².